The van der Waals surface area contributed by atoms with Crippen molar-refractivity contribution in [3.05, 3.63) is 70.8 Å². The van der Waals surface area contributed by atoms with Gasteiger partial charge >= 0.3 is 0 Å². The van der Waals surface area contributed by atoms with Crippen molar-refractivity contribution in [3.8, 4) is 0 Å². The Bertz CT molecular complexity index is 899. The van der Waals surface area contributed by atoms with Gasteiger partial charge in [0.15, 0.2) is 0 Å². The maximum atomic E-state index is 13.0. The second kappa shape index (κ2) is 7.39. The fraction of sp³-hybridized carbons (Fsp3) is 0.304. The lowest BCUT2D eigenvalue weighted by Crippen LogP contribution is -2.44. The van der Waals surface area contributed by atoms with Gasteiger partial charge in [-0.05, 0) is 49.1 Å². The van der Waals surface area contributed by atoms with Gasteiger partial charge in [0.1, 0.15) is 0 Å². The Morgan fingerprint density at radius 1 is 1.07 bits per heavy atom. The van der Waals surface area contributed by atoms with Gasteiger partial charge in [0.05, 0.1) is 5.92 Å². The lowest BCUT2D eigenvalue weighted by Gasteiger charge is -2.32. The number of piperidine rings is 1. The normalized spacial score (nSPS) is 18.6. The summed E-state index contributed by atoms with van der Waals surface area (Å²) >= 11 is 0. The monoisotopic (exact) mass is 360 g/mol. The molecule has 1 N–H and O–H groups in total. The third-order valence-corrected chi connectivity index (χ3v) is 5.44. The quantitative estimate of drug-likeness (QED) is 0.905. The van der Waals surface area contributed by atoms with Crippen molar-refractivity contribution in [2.24, 2.45) is 5.92 Å². The molecule has 4 rings (SSSR count). The van der Waals surface area contributed by atoms with Crippen LogP contribution in [0.1, 0.15) is 29.5 Å². The third-order valence-electron chi connectivity index (χ3n) is 5.44. The first-order chi connectivity index (χ1) is 13.1. The van der Waals surface area contributed by atoms with Crippen LogP contribution in [0.15, 0.2) is 54.1 Å². The molecular weight excluding hydrogens is 336 g/mol. The molecule has 2 amide bonds. The Morgan fingerprint density at radius 3 is 2.63 bits per heavy atom. The van der Waals surface area contributed by atoms with Crippen LogP contribution in [0.2, 0.25) is 0 Å². The zero-order chi connectivity index (χ0) is 18.8. The summed E-state index contributed by atoms with van der Waals surface area (Å²) in [4.78, 5) is 27.5. The van der Waals surface area contributed by atoms with E-state index in [4.69, 9.17) is 0 Å². The molecule has 2 aromatic carbocycles. The molecular formula is C23H24N2O2. The molecule has 1 fully saturated rings. The molecule has 0 spiro atoms. The van der Waals surface area contributed by atoms with E-state index in [2.05, 4.69) is 11.4 Å². The van der Waals surface area contributed by atoms with Crippen molar-refractivity contribution in [3.63, 3.8) is 0 Å². The van der Waals surface area contributed by atoms with Crippen LogP contribution in [0.4, 0.5) is 5.69 Å². The van der Waals surface area contributed by atoms with E-state index in [-0.39, 0.29) is 17.7 Å². The summed E-state index contributed by atoms with van der Waals surface area (Å²) in [5.74, 6) is -0.0903. The van der Waals surface area contributed by atoms with Gasteiger partial charge in [0, 0.05) is 30.8 Å². The van der Waals surface area contributed by atoms with Crippen LogP contribution in [-0.4, -0.2) is 29.8 Å². The molecule has 0 bridgehead atoms. The zero-order valence-corrected chi connectivity index (χ0v) is 15.6. The van der Waals surface area contributed by atoms with Crippen LogP contribution >= 0.6 is 0 Å². The number of rotatable bonds is 3. The van der Waals surface area contributed by atoms with Crippen LogP contribution in [0.5, 0.6) is 0 Å². The predicted octanol–water partition coefficient (Wildman–Crippen LogP) is 3.81. The molecule has 2 aliphatic rings. The first-order valence-electron chi connectivity index (χ1n) is 9.55. The second-order valence-corrected chi connectivity index (χ2v) is 7.49. The first-order valence-corrected chi connectivity index (χ1v) is 9.55. The summed E-state index contributed by atoms with van der Waals surface area (Å²) in [7, 11) is 0. The average Bonchev–Trinajstić information content (AvgIpc) is 3.13. The Hall–Kier alpha value is -2.88. The minimum Gasteiger partial charge on any atom is -0.338 e. The summed E-state index contributed by atoms with van der Waals surface area (Å²) in [5.41, 5.74) is 5.13. The van der Waals surface area contributed by atoms with Gasteiger partial charge in [0.25, 0.3) is 0 Å². The van der Waals surface area contributed by atoms with E-state index < -0.39 is 0 Å². The van der Waals surface area contributed by atoms with Crippen LogP contribution < -0.4 is 5.32 Å². The van der Waals surface area contributed by atoms with Crippen molar-refractivity contribution >= 4 is 23.6 Å². The van der Waals surface area contributed by atoms with E-state index in [1.54, 1.807) is 0 Å². The number of fused-ring (bicyclic) bond motifs is 1. The number of carbonyl (C=O) groups excluding carboxylic acids is 2. The van der Waals surface area contributed by atoms with Crippen LogP contribution in [-0.2, 0) is 16.0 Å². The summed E-state index contributed by atoms with van der Waals surface area (Å²) in [5, 5.41) is 2.99. The molecule has 0 radical (unpaired) electrons. The Balaban J connectivity index is 1.40. The number of anilines is 1. The summed E-state index contributed by atoms with van der Waals surface area (Å²) < 4.78 is 0. The second-order valence-electron chi connectivity index (χ2n) is 7.49. The van der Waals surface area contributed by atoms with Crippen LogP contribution in [0, 0.1) is 12.8 Å². The number of amides is 2. The number of benzene rings is 2. The zero-order valence-electron chi connectivity index (χ0n) is 15.6. The van der Waals surface area contributed by atoms with E-state index in [0.29, 0.717) is 13.0 Å². The number of nitrogens with zero attached hydrogens (tertiary/aromatic N) is 1. The van der Waals surface area contributed by atoms with E-state index in [1.165, 1.54) is 5.56 Å². The number of hydrogen-bond acceptors (Lipinski definition) is 2. The largest absolute Gasteiger partial charge is 0.338 e. The van der Waals surface area contributed by atoms with Gasteiger partial charge in [0.2, 0.25) is 11.8 Å². The van der Waals surface area contributed by atoms with Crippen molar-refractivity contribution < 1.29 is 9.59 Å². The smallest absolute Gasteiger partial charge is 0.250 e. The molecule has 138 valence electrons. The SMILES string of the molecule is Cc1ccc(NC(=O)C2CCCN(C(=O)C3=Cc4ccccc4C3)C2)cc1. The maximum absolute atomic E-state index is 13.0. The fourth-order valence-electron chi connectivity index (χ4n) is 3.88. The van der Waals surface area contributed by atoms with E-state index >= 15 is 0 Å². The first kappa shape index (κ1) is 17.5. The van der Waals surface area contributed by atoms with E-state index in [1.807, 2.05) is 60.4 Å². The molecule has 1 heterocycles. The standard InChI is InChI=1S/C23H24N2O2/c1-16-8-10-21(11-9-16)24-22(26)19-7-4-12-25(15-19)23(27)20-13-17-5-2-3-6-18(17)14-20/h2-3,5-6,8-11,13,19H,4,7,12,14-15H2,1H3,(H,24,26). The lowest BCUT2D eigenvalue weighted by molar-refractivity contribution is -0.131. The van der Waals surface area contributed by atoms with Crippen LogP contribution in [0.25, 0.3) is 6.08 Å². The van der Waals surface area contributed by atoms with Crippen LogP contribution in [0.3, 0.4) is 0 Å². The molecule has 1 aliphatic carbocycles. The Labute approximate surface area is 159 Å². The van der Waals surface area contributed by atoms with Crippen molar-refractivity contribution in [1.29, 1.82) is 0 Å². The highest BCUT2D eigenvalue weighted by Crippen LogP contribution is 2.28. The van der Waals surface area contributed by atoms with E-state index in [9.17, 15) is 9.59 Å². The molecule has 4 heteroatoms. The predicted molar refractivity (Wildman–Crippen MR) is 107 cm³/mol. The van der Waals surface area contributed by atoms with Gasteiger partial charge in [-0.3, -0.25) is 9.59 Å². The van der Waals surface area contributed by atoms with Crippen molar-refractivity contribution in [1.82, 2.24) is 4.90 Å². The highest BCUT2D eigenvalue weighted by atomic mass is 16.2. The maximum Gasteiger partial charge on any atom is 0.250 e. The molecule has 0 saturated carbocycles. The van der Waals surface area contributed by atoms with Gasteiger partial charge in [-0.25, -0.2) is 0 Å². The Kier molecular flexibility index (Phi) is 4.80. The number of nitrogens with one attached hydrogen (secondary N) is 1. The number of likely N-dealkylation sites (tertiary alicyclic amines) is 1. The molecule has 1 atom stereocenters. The van der Waals surface area contributed by atoms with Crippen molar-refractivity contribution in [2.75, 3.05) is 18.4 Å². The number of hydrogen-bond donors (Lipinski definition) is 1. The van der Waals surface area contributed by atoms with Crippen molar-refractivity contribution in [2.45, 2.75) is 26.2 Å². The van der Waals surface area contributed by atoms with Gasteiger partial charge < -0.3 is 10.2 Å². The highest BCUT2D eigenvalue weighted by Gasteiger charge is 2.31. The third kappa shape index (κ3) is 3.80. The molecule has 1 unspecified atom stereocenters. The number of carbonyl (C=O) groups is 2. The summed E-state index contributed by atoms with van der Waals surface area (Å²) in [6.45, 7) is 3.23. The molecule has 1 aliphatic heterocycles. The lowest BCUT2D eigenvalue weighted by atomic mass is 9.96. The van der Waals surface area contributed by atoms with Gasteiger partial charge in [-0.15, -0.1) is 0 Å². The van der Waals surface area contributed by atoms with E-state index in [0.717, 1.165) is 41.8 Å². The van der Waals surface area contributed by atoms with Gasteiger partial charge in [-0.1, -0.05) is 42.0 Å². The molecule has 0 aromatic heterocycles. The summed E-state index contributed by atoms with van der Waals surface area (Å²) in [6, 6.07) is 15.9. The Morgan fingerprint density at radius 2 is 1.85 bits per heavy atom. The van der Waals surface area contributed by atoms with Gasteiger partial charge in [-0.2, -0.15) is 0 Å². The minimum absolute atomic E-state index is 0.0000377. The molecule has 2 aromatic rings. The molecule has 1 saturated heterocycles. The fourth-order valence-corrected chi connectivity index (χ4v) is 3.88. The molecule has 27 heavy (non-hydrogen) atoms. The topological polar surface area (TPSA) is 49.4 Å². The summed E-state index contributed by atoms with van der Waals surface area (Å²) in [6.07, 6.45) is 4.36. The minimum atomic E-state index is -0.159. The molecule has 4 nitrogen and oxygen atoms in total. The average molecular weight is 360 g/mol. The number of aryl methyl sites for hydroxylation is 1. The highest BCUT2D eigenvalue weighted by molar-refractivity contribution is 6.01.